The van der Waals surface area contributed by atoms with Crippen molar-refractivity contribution in [1.29, 1.82) is 0 Å². The van der Waals surface area contributed by atoms with Crippen LogP contribution in [0.4, 0.5) is 39.5 Å². The Balaban J connectivity index is 1.08. The summed E-state index contributed by atoms with van der Waals surface area (Å²) < 4.78 is 125. The van der Waals surface area contributed by atoms with E-state index in [1.807, 2.05) is 102 Å². The van der Waals surface area contributed by atoms with E-state index in [-0.39, 0.29) is 0 Å². The molecule has 0 unspecified atom stereocenters. The number of imidazole rings is 1. The molecule has 1 aliphatic rings. The van der Waals surface area contributed by atoms with Gasteiger partial charge in [-0.25, -0.2) is 4.98 Å². The normalized spacial score (nSPS) is 13.3. The molecule has 0 amide bonds. The number of aryl methyl sites for hydroxylation is 1. The van der Waals surface area contributed by atoms with Crippen LogP contribution in [0.5, 0.6) is 0 Å². The first kappa shape index (κ1) is 42.0. The number of benzene rings is 9. The summed E-state index contributed by atoms with van der Waals surface area (Å²) >= 11 is 0. The molecule has 0 bridgehead atoms. The van der Waals surface area contributed by atoms with E-state index in [2.05, 4.69) is 6.07 Å². The molecule has 0 spiro atoms. The standard InChI is InChI=1S/C56H33F9N2/c57-54(58,59)41-22-24-44(25-23-41)67-50-8-4-3-7-49(50)66-53(67)33-11-9-32(10-12-33)38-19-26-47-48(31-38)52(40-16-14-37-30-43(56(63,64)65)21-18-35(37)28-40)46-6-2-1-5-45(46)51(47)39-15-13-36-29-42(55(60,61)62)20-17-34(36)27-39/h1-2,4-6,8-31H,3,7H2. The van der Waals surface area contributed by atoms with E-state index >= 15 is 0 Å². The van der Waals surface area contributed by atoms with Gasteiger partial charge in [0.25, 0.3) is 0 Å². The van der Waals surface area contributed by atoms with Crippen LogP contribution in [0.15, 0.2) is 170 Å². The summed E-state index contributed by atoms with van der Waals surface area (Å²) in [5, 5.41) is 5.57. The van der Waals surface area contributed by atoms with E-state index < -0.39 is 35.2 Å². The number of hydrogen-bond donors (Lipinski definition) is 0. The van der Waals surface area contributed by atoms with Crippen LogP contribution in [-0.4, -0.2) is 9.55 Å². The molecular weight excluding hydrogens is 872 g/mol. The van der Waals surface area contributed by atoms with Gasteiger partial charge in [0.2, 0.25) is 0 Å². The zero-order valence-corrected chi connectivity index (χ0v) is 35.0. The fraction of sp³-hybridized carbons (Fsp3) is 0.0893. The third-order valence-electron chi connectivity index (χ3n) is 12.7. The lowest BCUT2D eigenvalue weighted by molar-refractivity contribution is -0.138. The monoisotopic (exact) mass is 904 g/mol. The first-order valence-corrected chi connectivity index (χ1v) is 21.4. The summed E-state index contributed by atoms with van der Waals surface area (Å²) in [4.78, 5) is 4.98. The molecule has 0 N–H and O–H groups in total. The van der Waals surface area contributed by atoms with Crippen molar-refractivity contribution in [1.82, 2.24) is 9.55 Å². The number of halogens is 9. The predicted molar refractivity (Wildman–Crippen MR) is 248 cm³/mol. The van der Waals surface area contributed by atoms with Gasteiger partial charge in [0.15, 0.2) is 0 Å². The number of allylic oxidation sites excluding steroid dienone is 1. The Morgan fingerprint density at radius 2 is 0.866 bits per heavy atom. The first-order valence-electron chi connectivity index (χ1n) is 21.4. The number of rotatable bonds is 5. The summed E-state index contributed by atoms with van der Waals surface area (Å²) in [5.74, 6) is 0.587. The molecule has 9 aromatic carbocycles. The van der Waals surface area contributed by atoms with Crippen LogP contribution >= 0.6 is 0 Å². The highest BCUT2D eigenvalue weighted by atomic mass is 19.4. The van der Waals surface area contributed by atoms with Crippen LogP contribution in [0, 0.1) is 0 Å². The van der Waals surface area contributed by atoms with Crippen LogP contribution in [-0.2, 0) is 24.9 Å². The highest BCUT2D eigenvalue weighted by molar-refractivity contribution is 6.22. The Bertz CT molecular complexity index is 3630. The number of aromatic nitrogens is 2. The van der Waals surface area contributed by atoms with Gasteiger partial charge in [-0.05, 0) is 162 Å². The first-order chi connectivity index (χ1) is 32.1. The maximum Gasteiger partial charge on any atom is 0.416 e. The Morgan fingerprint density at radius 3 is 1.43 bits per heavy atom. The van der Waals surface area contributed by atoms with Crippen molar-refractivity contribution in [2.45, 2.75) is 31.4 Å². The zero-order valence-electron chi connectivity index (χ0n) is 35.0. The minimum Gasteiger partial charge on any atom is -0.293 e. The molecule has 10 aromatic rings. The van der Waals surface area contributed by atoms with E-state index in [9.17, 15) is 39.5 Å². The van der Waals surface area contributed by atoms with E-state index in [4.69, 9.17) is 4.98 Å². The van der Waals surface area contributed by atoms with E-state index in [1.165, 1.54) is 24.3 Å². The second kappa shape index (κ2) is 15.5. The van der Waals surface area contributed by atoms with Crippen LogP contribution in [0.2, 0.25) is 0 Å². The number of nitrogens with zero attached hydrogens (tertiary/aromatic N) is 2. The minimum absolute atomic E-state index is 0.435. The van der Waals surface area contributed by atoms with Crippen molar-refractivity contribution in [2.75, 3.05) is 0 Å². The fourth-order valence-corrected chi connectivity index (χ4v) is 9.45. The van der Waals surface area contributed by atoms with Crippen LogP contribution in [0.1, 0.15) is 34.5 Å². The molecule has 1 heterocycles. The molecule has 0 saturated heterocycles. The molecule has 0 atom stereocenters. The third-order valence-corrected chi connectivity index (χ3v) is 12.7. The van der Waals surface area contributed by atoms with E-state index in [0.29, 0.717) is 39.5 Å². The largest absolute Gasteiger partial charge is 0.416 e. The van der Waals surface area contributed by atoms with Crippen molar-refractivity contribution in [3.05, 3.63) is 198 Å². The maximum absolute atomic E-state index is 13.7. The average molecular weight is 905 g/mol. The van der Waals surface area contributed by atoms with E-state index in [0.717, 1.165) is 115 Å². The molecule has 11 heteroatoms. The highest BCUT2D eigenvalue weighted by Gasteiger charge is 2.32. The van der Waals surface area contributed by atoms with Crippen molar-refractivity contribution in [3.63, 3.8) is 0 Å². The lowest BCUT2D eigenvalue weighted by atomic mass is 9.84. The average Bonchev–Trinajstić information content (AvgIpc) is 3.71. The number of fused-ring (bicyclic) bond motifs is 5. The lowest BCUT2D eigenvalue weighted by Gasteiger charge is -2.19. The summed E-state index contributed by atoms with van der Waals surface area (Å²) in [7, 11) is 0. The Kier molecular flexibility index (Phi) is 9.70. The topological polar surface area (TPSA) is 17.8 Å². The van der Waals surface area contributed by atoms with Gasteiger partial charge in [0, 0.05) is 11.3 Å². The van der Waals surface area contributed by atoms with Gasteiger partial charge in [-0.15, -0.1) is 0 Å². The fourth-order valence-electron chi connectivity index (χ4n) is 9.45. The summed E-state index contributed by atoms with van der Waals surface area (Å²) in [6.07, 6.45) is -8.03. The Morgan fingerprint density at radius 1 is 0.403 bits per heavy atom. The third kappa shape index (κ3) is 7.48. The minimum atomic E-state index is -4.50. The Labute approximate surface area is 376 Å². The smallest absolute Gasteiger partial charge is 0.293 e. The van der Waals surface area contributed by atoms with Gasteiger partial charge < -0.3 is 0 Å². The van der Waals surface area contributed by atoms with Gasteiger partial charge in [0.1, 0.15) is 5.82 Å². The second-order valence-corrected chi connectivity index (χ2v) is 16.8. The molecule has 0 saturated carbocycles. The molecule has 1 aliphatic carbocycles. The zero-order chi connectivity index (χ0) is 46.4. The second-order valence-electron chi connectivity index (χ2n) is 16.8. The van der Waals surface area contributed by atoms with Gasteiger partial charge in [0.05, 0.1) is 28.1 Å². The molecule has 0 radical (unpaired) electrons. The van der Waals surface area contributed by atoms with Gasteiger partial charge in [-0.1, -0.05) is 103 Å². The quantitative estimate of drug-likeness (QED) is 0.124. The van der Waals surface area contributed by atoms with E-state index in [1.54, 1.807) is 12.1 Å². The summed E-state index contributed by atoms with van der Waals surface area (Å²) in [5.41, 5.74) is 5.71. The molecular formula is C56H33F9N2. The molecule has 67 heavy (non-hydrogen) atoms. The van der Waals surface area contributed by atoms with Crippen LogP contribution in [0.25, 0.3) is 99.6 Å². The summed E-state index contributed by atoms with van der Waals surface area (Å²) in [6, 6.07) is 45.0. The SMILES string of the molecule is FC(F)(F)c1ccc(-n2c(-c3ccc(-c4ccc5c(-c6ccc7cc(C(F)(F)F)ccc7c6)c6ccccc6c(-c6ccc7cc(C(F)(F)F)ccc7c6)c5c4)cc3)nc3c2C=CCC3)cc1. The molecule has 1 aromatic heterocycles. The lowest BCUT2D eigenvalue weighted by Crippen LogP contribution is -2.06. The summed E-state index contributed by atoms with van der Waals surface area (Å²) in [6.45, 7) is 0. The predicted octanol–water partition coefficient (Wildman–Crippen LogP) is 17.2. The van der Waals surface area contributed by atoms with Crippen LogP contribution in [0.3, 0.4) is 0 Å². The van der Waals surface area contributed by atoms with Gasteiger partial charge in [-0.3, -0.25) is 4.57 Å². The van der Waals surface area contributed by atoms with Crippen molar-refractivity contribution in [2.24, 2.45) is 0 Å². The Hall–Kier alpha value is -7.66. The molecule has 0 aliphatic heterocycles. The number of hydrogen-bond acceptors (Lipinski definition) is 1. The van der Waals surface area contributed by atoms with Gasteiger partial charge >= 0.3 is 18.5 Å². The van der Waals surface area contributed by atoms with Gasteiger partial charge in [-0.2, -0.15) is 39.5 Å². The molecule has 11 rings (SSSR count). The molecule has 0 fully saturated rings. The van der Waals surface area contributed by atoms with Crippen LogP contribution < -0.4 is 0 Å². The number of alkyl halides is 9. The molecule has 2 nitrogen and oxygen atoms in total. The highest BCUT2D eigenvalue weighted by Crippen LogP contribution is 2.47. The van der Waals surface area contributed by atoms with Crippen molar-refractivity contribution in [3.8, 4) is 50.5 Å². The molecule has 330 valence electrons. The van der Waals surface area contributed by atoms with Crippen molar-refractivity contribution < 1.29 is 39.5 Å². The maximum atomic E-state index is 13.7. The van der Waals surface area contributed by atoms with Crippen molar-refractivity contribution >= 4 is 49.2 Å².